The molecule has 0 saturated carbocycles. The molecule has 1 rings (SSSR count). The minimum Gasteiger partial charge on any atom is -0.333 e. The van der Waals surface area contributed by atoms with Crippen LogP contribution < -0.4 is 11.1 Å². The van der Waals surface area contributed by atoms with Gasteiger partial charge >= 0.3 is 0 Å². The number of hydrogen-bond donors (Lipinski definition) is 2. The van der Waals surface area contributed by atoms with E-state index in [9.17, 15) is 4.79 Å². The molecular formula is C11H18N4O. The summed E-state index contributed by atoms with van der Waals surface area (Å²) in [6.45, 7) is 5.28. The first-order valence-electron chi connectivity index (χ1n) is 4.91. The lowest BCUT2D eigenvalue weighted by Crippen LogP contribution is -1.99. The summed E-state index contributed by atoms with van der Waals surface area (Å²) in [6.07, 6.45) is 2.97. The van der Waals surface area contributed by atoms with Crippen molar-refractivity contribution in [1.82, 2.24) is 9.97 Å². The number of nitrogens with zero attached hydrogens (tertiary/aromatic N) is 2. The molecule has 0 aliphatic rings. The number of nitrogens with two attached hydrogens (primary N) is 1. The van der Waals surface area contributed by atoms with Gasteiger partial charge in [0.25, 0.3) is 0 Å². The molecule has 0 aromatic carbocycles. The summed E-state index contributed by atoms with van der Waals surface area (Å²) in [5, 5.41) is 2.83. The van der Waals surface area contributed by atoms with Crippen LogP contribution in [0.15, 0.2) is 18.3 Å². The number of carbonyl (C=O) groups excluding carboxylic acids is 1. The summed E-state index contributed by atoms with van der Waals surface area (Å²) < 4.78 is 0. The van der Waals surface area contributed by atoms with Gasteiger partial charge in [0.1, 0.15) is 0 Å². The van der Waals surface area contributed by atoms with Crippen molar-refractivity contribution >= 4 is 11.7 Å². The summed E-state index contributed by atoms with van der Waals surface area (Å²) in [5.74, 6) is 0.502. The second-order valence-electron chi connectivity index (χ2n) is 3.06. The molecule has 0 amide bonds. The Balaban J connectivity index is 0.00000106. The maximum Gasteiger partial charge on any atom is 0.227 e. The number of carbonyl (C=O) groups is 1. The number of anilines is 1. The lowest BCUT2D eigenvalue weighted by Gasteiger charge is -2.01. The van der Waals surface area contributed by atoms with Crippen LogP contribution in [0.3, 0.4) is 0 Å². The molecule has 1 heterocycles. The third-order valence-electron chi connectivity index (χ3n) is 1.51. The summed E-state index contributed by atoms with van der Waals surface area (Å²) in [5.41, 5.74) is 6.30. The Morgan fingerprint density at radius 2 is 1.81 bits per heavy atom. The molecule has 88 valence electrons. The van der Waals surface area contributed by atoms with Crippen molar-refractivity contribution in [3.63, 3.8) is 0 Å². The van der Waals surface area contributed by atoms with E-state index in [1.165, 1.54) is 26.2 Å². The van der Waals surface area contributed by atoms with Gasteiger partial charge in [-0.15, -0.1) is 0 Å². The molecule has 0 radical (unpaired) electrons. The zero-order chi connectivity index (χ0) is 12.6. The van der Waals surface area contributed by atoms with E-state index in [1.54, 1.807) is 0 Å². The number of nitrogens with one attached hydrogen (secondary N) is 1. The summed E-state index contributed by atoms with van der Waals surface area (Å²) in [6, 6.07) is 1.89. The molecule has 16 heavy (non-hydrogen) atoms. The third kappa shape index (κ3) is 5.87. The van der Waals surface area contributed by atoms with Gasteiger partial charge in [-0.2, -0.15) is 0 Å². The molecular weight excluding hydrogens is 204 g/mol. The van der Waals surface area contributed by atoms with Crippen LogP contribution in [0.1, 0.15) is 18.3 Å². The quantitative estimate of drug-likeness (QED) is 0.751. The monoisotopic (exact) mass is 222 g/mol. The zero-order valence-corrected chi connectivity index (χ0v) is 10.1. The number of hydrogen-bond acceptors (Lipinski definition) is 5. The average molecular weight is 222 g/mol. The van der Waals surface area contributed by atoms with Crippen LogP contribution in [0.5, 0.6) is 0 Å². The molecule has 5 nitrogen and oxygen atoms in total. The molecule has 1 aromatic heterocycles. The molecule has 0 spiro atoms. The predicted molar refractivity (Wildman–Crippen MR) is 65.1 cm³/mol. The maximum absolute atomic E-state index is 10.6. The second kappa shape index (κ2) is 7.53. The molecule has 0 aliphatic heterocycles. The highest BCUT2D eigenvalue weighted by Gasteiger charge is 1.95. The first-order valence-corrected chi connectivity index (χ1v) is 4.91. The SMILES string of the molecule is CC(=O)/C=C\Nc1nc(C)cc(C)n1.CN. The predicted octanol–water partition coefficient (Wildman–Crippen LogP) is 1.18. The van der Waals surface area contributed by atoms with Gasteiger partial charge in [-0.25, -0.2) is 9.97 Å². The highest BCUT2D eigenvalue weighted by atomic mass is 16.1. The van der Waals surface area contributed by atoms with Crippen LogP contribution in [0.4, 0.5) is 5.95 Å². The molecule has 0 atom stereocenters. The fraction of sp³-hybridized carbons (Fsp3) is 0.364. The van der Waals surface area contributed by atoms with Crippen molar-refractivity contribution < 1.29 is 4.79 Å². The van der Waals surface area contributed by atoms with Crippen LogP contribution in [0.25, 0.3) is 0 Å². The lowest BCUT2D eigenvalue weighted by atomic mass is 10.4. The molecule has 3 N–H and O–H groups in total. The number of ketones is 1. The number of allylic oxidation sites excluding steroid dienone is 1. The number of aromatic nitrogens is 2. The Labute approximate surface area is 95.8 Å². The Morgan fingerprint density at radius 1 is 1.31 bits per heavy atom. The van der Waals surface area contributed by atoms with E-state index in [1.807, 2.05) is 19.9 Å². The van der Waals surface area contributed by atoms with E-state index >= 15 is 0 Å². The Bertz CT molecular complexity index is 354. The van der Waals surface area contributed by atoms with Gasteiger partial charge in [0.2, 0.25) is 5.95 Å². The van der Waals surface area contributed by atoms with Crippen molar-refractivity contribution in [2.24, 2.45) is 5.73 Å². The molecule has 0 saturated heterocycles. The van der Waals surface area contributed by atoms with Crippen molar-refractivity contribution in [3.8, 4) is 0 Å². The number of aryl methyl sites for hydroxylation is 2. The van der Waals surface area contributed by atoms with Crippen LogP contribution in [-0.2, 0) is 4.79 Å². The van der Waals surface area contributed by atoms with Crippen LogP contribution >= 0.6 is 0 Å². The van der Waals surface area contributed by atoms with E-state index in [0.29, 0.717) is 5.95 Å². The molecule has 0 bridgehead atoms. The fourth-order valence-electron chi connectivity index (χ4n) is 1.02. The van der Waals surface area contributed by atoms with Gasteiger partial charge in [0.05, 0.1) is 0 Å². The van der Waals surface area contributed by atoms with E-state index in [2.05, 4.69) is 21.0 Å². The van der Waals surface area contributed by atoms with Crippen LogP contribution in [0.2, 0.25) is 0 Å². The summed E-state index contributed by atoms with van der Waals surface area (Å²) >= 11 is 0. The first-order chi connectivity index (χ1) is 7.58. The van der Waals surface area contributed by atoms with Crippen molar-refractivity contribution in [2.45, 2.75) is 20.8 Å². The minimum atomic E-state index is -0.0122. The van der Waals surface area contributed by atoms with Crippen LogP contribution in [-0.4, -0.2) is 22.8 Å². The van der Waals surface area contributed by atoms with E-state index in [0.717, 1.165) is 11.4 Å². The smallest absolute Gasteiger partial charge is 0.227 e. The highest BCUT2D eigenvalue weighted by Crippen LogP contribution is 2.03. The molecule has 1 aromatic rings. The second-order valence-corrected chi connectivity index (χ2v) is 3.06. The van der Waals surface area contributed by atoms with Gasteiger partial charge in [-0.05, 0) is 40.0 Å². The first kappa shape index (κ1) is 14.2. The third-order valence-corrected chi connectivity index (χ3v) is 1.51. The Morgan fingerprint density at radius 3 is 2.25 bits per heavy atom. The number of rotatable bonds is 3. The lowest BCUT2D eigenvalue weighted by molar-refractivity contribution is -0.112. The Kier molecular flexibility index (Phi) is 6.71. The largest absolute Gasteiger partial charge is 0.333 e. The molecule has 0 aliphatic carbocycles. The van der Waals surface area contributed by atoms with Crippen molar-refractivity contribution in [3.05, 3.63) is 29.7 Å². The van der Waals surface area contributed by atoms with Gasteiger partial charge in [0, 0.05) is 17.6 Å². The van der Waals surface area contributed by atoms with Crippen molar-refractivity contribution in [1.29, 1.82) is 0 Å². The topological polar surface area (TPSA) is 80.9 Å². The fourth-order valence-corrected chi connectivity index (χ4v) is 1.02. The summed E-state index contributed by atoms with van der Waals surface area (Å²) in [7, 11) is 1.50. The van der Waals surface area contributed by atoms with Gasteiger partial charge < -0.3 is 11.1 Å². The zero-order valence-electron chi connectivity index (χ0n) is 10.1. The van der Waals surface area contributed by atoms with Gasteiger partial charge in [-0.1, -0.05) is 0 Å². The van der Waals surface area contributed by atoms with E-state index in [-0.39, 0.29) is 5.78 Å². The summed E-state index contributed by atoms with van der Waals surface area (Å²) in [4.78, 5) is 18.9. The average Bonchev–Trinajstić information content (AvgIpc) is 2.18. The van der Waals surface area contributed by atoms with E-state index < -0.39 is 0 Å². The van der Waals surface area contributed by atoms with Gasteiger partial charge in [-0.3, -0.25) is 4.79 Å². The highest BCUT2D eigenvalue weighted by molar-refractivity contribution is 5.87. The normalized spacial score (nSPS) is 9.56. The van der Waals surface area contributed by atoms with Crippen molar-refractivity contribution in [2.75, 3.05) is 12.4 Å². The maximum atomic E-state index is 10.6. The van der Waals surface area contributed by atoms with Gasteiger partial charge in [0.15, 0.2) is 5.78 Å². The minimum absolute atomic E-state index is 0.0122. The Hall–Kier alpha value is -1.75. The standard InChI is InChI=1S/C10H13N3O.CH5N/c1-7-6-8(2)13-10(12-7)11-5-4-9(3)14;1-2/h4-6H,1-3H3,(H,11,12,13);2H2,1H3/b5-4-;. The molecule has 0 unspecified atom stereocenters. The van der Waals surface area contributed by atoms with Crippen LogP contribution in [0, 0.1) is 13.8 Å². The molecule has 0 fully saturated rings. The van der Waals surface area contributed by atoms with E-state index in [4.69, 9.17) is 0 Å². The molecule has 5 heteroatoms.